The summed E-state index contributed by atoms with van der Waals surface area (Å²) < 4.78 is 28.1. The third-order valence-electron chi connectivity index (χ3n) is 2.28. The van der Waals surface area contributed by atoms with Gasteiger partial charge in [-0.25, -0.2) is 13.4 Å². The SMILES string of the molecule is Cc1cc(CNc2ncccc2S(C)(=O)=O)on1. The van der Waals surface area contributed by atoms with Crippen molar-refractivity contribution in [3.8, 4) is 0 Å². The van der Waals surface area contributed by atoms with Gasteiger partial charge in [-0.3, -0.25) is 0 Å². The number of hydrogen-bond acceptors (Lipinski definition) is 6. The van der Waals surface area contributed by atoms with E-state index < -0.39 is 9.84 Å². The van der Waals surface area contributed by atoms with Gasteiger partial charge in [-0.1, -0.05) is 5.16 Å². The van der Waals surface area contributed by atoms with Crippen LogP contribution >= 0.6 is 0 Å². The van der Waals surface area contributed by atoms with Crippen LogP contribution in [0.15, 0.2) is 33.8 Å². The van der Waals surface area contributed by atoms with Crippen molar-refractivity contribution in [2.24, 2.45) is 0 Å². The van der Waals surface area contributed by atoms with Gasteiger partial charge in [0.2, 0.25) is 0 Å². The first kappa shape index (κ1) is 12.6. The van der Waals surface area contributed by atoms with Crippen LogP contribution in [0.1, 0.15) is 11.5 Å². The van der Waals surface area contributed by atoms with E-state index in [1.807, 2.05) is 6.92 Å². The van der Waals surface area contributed by atoms with Crippen LogP contribution in [-0.2, 0) is 16.4 Å². The standard InChI is InChI=1S/C11H13N3O3S/c1-8-6-9(17-14-8)7-13-11-10(18(2,15)16)4-3-5-12-11/h3-6H,7H2,1-2H3,(H,12,13). The maximum Gasteiger partial charge on any atom is 0.179 e. The molecule has 2 rings (SSSR count). The molecule has 0 aliphatic carbocycles. The Balaban J connectivity index is 2.20. The molecule has 2 aromatic rings. The summed E-state index contributed by atoms with van der Waals surface area (Å²) in [6.45, 7) is 2.15. The van der Waals surface area contributed by atoms with Crippen LogP contribution < -0.4 is 5.32 Å². The van der Waals surface area contributed by atoms with Crippen molar-refractivity contribution in [3.05, 3.63) is 35.9 Å². The maximum atomic E-state index is 11.6. The number of anilines is 1. The third kappa shape index (κ3) is 2.86. The molecule has 18 heavy (non-hydrogen) atoms. The minimum absolute atomic E-state index is 0.168. The molecule has 7 heteroatoms. The second-order valence-electron chi connectivity index (χ2n) is 3.91. The van der Waals surface area contributed by atoms with E-state index >= 15 is 0 Å². The van der Waals surface area contributed by atoms with Gasteiger partial charge < -0.3 is 9.84 Å². The van der Waals surface area contributed by atoms with Gasteiger partial charge in [0.05, 0.1) is 12.2 Å². The van der Waals surface area contributed by atoms with Gasteiger partial charge in [0.1, 0.15) is 10.7 Å². The van der Waals surface area contributed by atoms with Gasteiger partial charge in [-0.2, -0.15) is 0 Å². The zero-order valence-corrected chi connectivity index (χ0v) is 10.9. The number of aryl methyl sites for hydroxylation is 1. The van der Waals surface area contributed by atoms with Crippen LogP contribution in [0.25, 0.3) is 0 Å². The molecule has 0 amide bonds. The monoisotopic (exact) mass is 267 g/mol. The molecule has 0 saturated heterocycles. The van der Waals surface area contributed by atoms with Crippen LogP contribution in [0.5, 0.6) is 0 Å². The summed E-state index contributed by atoms with van der Waals surface area (Å²) in [4.78, 5) is 4.18. The van der Waals surface area contributed by atoms with E-state index in [1.54, 1.807) is 12.1 Å². The molecule has 0 aliphatic heterocycles. The minimum Gasteiger partial charge on any atom is -0.362 e. The topological polar surface area (TPSA) is 85.1 Å². The lowest BCUT2D eigenvalue weighted by Gasteiger charge is -2.07. The number of rotatable bonds is 4. The molecule has 96 valence electrons. The Morgan fingerprint density at radius 3 is 2.83 bits per heavy atom. The summed E-state index contributed by atoms with van der Waals surface area (Å²) in [5.74, 6) is 0.937. The Morgan fingerprint density at radius 2 is 2.22 bits per heavy atom. The Labute approximate surface area is 105 Å². The predicted octanol–water partition coefficient (Wildman–Crippen LogP) is 1.39. The van der Waals surface area contributed by atoms with Crippen molar-refractivity contribution < 1.29 is 12.9 Å². The number of hydrogen-bond donors (Lipinski definition) is 1. The van der Waals surface area contributed by atoms with Crippen LogP contribution in [-0.4, -0.2) is 24.8 Å². The highest BCUT2D eigenvalue weighted by Crippen LogP contribution is 2.18. The molecule has 0 atom stereocenters. The fourth-order valence-electron chi connectivity index (χ4n) is 1.49. The lowest BCUT2D eigenvalue weighted by molar-refractivity contribution is 0.384. The largest absolute Gasteiger partial charge is 0.362 e. The van der Waals surface area contributed by atoms with Gasteiger partial charge in [-0.05, 0) is 19.1 Å². The fraction of sp³-hybridized carbons (Fsp3) is 0.273. The number of nitrogens with one attached hydrogen (secondary N) is 1. The van der Waals surface area contributed by atoms with Gasteiger partial charge >= 0.3 is 0 Å². The van der Waals surface area contributed by atoms with Crippen molar-refractivity contribution in [1.29, 1.82) is 0 Å². The van der Waals surface area contributed by atoms with Crippen molar-refractivity contribution in [2.75, 3.05) is 11.6 Å². The van der Waals surface area contributed by atoms with E-state index in [0.29, 0.717) is 18.1 Å². The smallest absolute Gasteiger partial charge is 0.179 e. The number of pyridine rings is 1. The minimum atomic E-state index is -3.30. The summed E-state index contributed by atoms with van der Waals surface area (Å²) in [5, 5.41) is 6.67. The average molecular weight is 267 g/mol. The molecule has 0 unspecified atom stereocenters. The molecule has 2 aromatic heterocycles. The molecule has 0 fully saturated rings. The Kier molecular flexibility index (Phi) is 3.33. The second kappa shape index (κ2) is 4.77. The number of aromatic nitrogens is 2. The fourth-order valence-corrected chi connectivity index (χ4v) is 2.29. The summed E-state index contributed by atoms with van der Waals surface area (Å²) in [7, 11) is -3.30. The zero-order chi connectivity index (χ0) is 13.2. The van der Waals surface area contributed by atoms with E-state index in [0.717, 1.165) is 11.9 Å². The van der Waals surface area contributed by atoms with E-state index in [-0.39, 0.29) is 4.90 Å². The third-order valence-corrected chi connectivity index (χ3v) is 3.41. The van der Waals surface area contributed by atoms with E-state index in [1.165, 1.54) is 12.3 Å². The van der Waals surface area contributed by atoms with E-state index in [4.69, 9.17) is 4.52 Å². The van der Waals surface area contributed by atoms with Crippen molar-refractivity contribution in [3.63, 3.8) is 0 Å². The van der Waals surface area contributed by atoms with Crippen molar-refractivity contribution in [2.45, 2.75) is 18.4 Å². The Bertz CT molecular complexity index is 649. The number of nitrogens with zero attached hydrogens (tertiary/aromatic N) is 2. The highest BCUT2D eigenvalue weighted by Gasteiger charge is 2.14. The first-order valence-corrected chi connectivity index (χ1v) is 7.17. The molecular formula is C11H13N3O3S. The van der Waals surface area contributed by atoms with Crippen molar-refractivity contribution in [1.82, 2.24) is 10.1 Å². The first-order chi connectivity index (χ1) is 8.47. The van der Waals surface area contributed by atoms with Gasteiger partial charge in [0.15, 0.2) is 15.6 Å². The zero-order valence-electron chi connectivity index (χ0n) is 10.0. The number of sulfone groups is 1. The predicted molar refractivity (Wildman–Crippen MR) is 65.9 cm³/mol. The first-order valence-electron chi connectivity index (χ1n) is 5.28. The summed E-state index contributed by atoms with van der Waals surface area (Å²) in [5.41, 5.74) is 0.774. The second-order valence-corrected chi connectivity index (χ2v) is 5.89. The highest BCUT2D eigenvalue weighted by atomic mass is 32.2. The quantitative estimate of drug-likeness (QED) is 0.901. The Hall–Kier alpha value is -1.89. The van der Waals surface area contributed by atoms with E-state index in [9.17, 15) is 8.42 Å². The summed E-state index contributed by atoms with van der Waals surface area (Å²) in [6.07, 6.45) is 2.68. The van der Waals surface area contributed by atoms with Crippen LogP contribution in [0.2, 0.25) is 0 Å². The van der Waals surface area contributed by atoms with Gasteiger partial charge in [-0.15, -0.1) is 0 Å². The van der Waals surface area contributed by atoms with Crippen LogP contribution in [0.4, 0.5) is 5.82 Å². The molecule has 0 radical (unpaired) electrons. The van der Waals surface area contributed by atoms with Crippen LogP contribution in [0, 0.1) is 6.92 Å². The molecule has 2 heterocycles. The van der Waals surface area contributed by atoms with Gasteiger partial charge in [0, 0.05) is 18.5 Å². The van der Waals surface area contributed by atoms with Crippen LogP contribution in [0.3, 0.4) is 0 Å². The molecule has 1 N–H and O–H groups in total. The normalized spacial score (nSPS) is 11.4. The molecule has 0 aliphatic rings. The summed E-state index contributed by atoms with van der Waals surface area (Å²) in [6, 6.07) is 4.87. The van der Waals surface area contributed by atoms with Gasteiger partial charge in [0.25, 0.3) is 0 Å². The Morgan fingerprint density at radius 1 is 1.44 bits per heavy atom. The van der Waals surface area contributed by atoms with E-state index in [2.05, 4.69) is 15.5 Å². The highest BCUT2D eigenvalue weighted by molar-refractivity contribution is 7.90. The molecule has 6 nitrogen and oxygen atoms in total. The maximum absolute atomic E-state index is 11.6. The molecule has 0 aromatic carbocycles. The van der Waals surface area contributed by atoms with Crippen molar-refractivity contribution >= 4 is 15.7 Å². The molecular weight excluding hydrogens is 254 g/mol. The average Bonchev–Trinajstić information content (AvgIpc) is 2.72. The molecule has 0 saturated carbocycles. The lowest BCUT2D eigenvalue weighted by Crippen LogP contribution is -2.07. The lowest BCUT2D eigenvalue weighted by atomic mass is 10.4. The summed E-state index contributed by atoms with van der Waals surface area (Å²) >= 11 is 0. The molecule has 0 bridgehead atoms. The molecule has 0 spiro atoms.